The molecule has 19 heavy (non-hydrogen) atoms. The van der Waals surface area contributed by atoms with E-state index >= 15 is 0 Å². The summed E-state index contributed by atoms with van der Waals surface area (Å²) in [5, 5.41) is 0. The van der Waals surface area contributed by atoms with Gasteiger partial charge < -0.3 is 9.15 Å². The first-order valence-corrected chi connectivity index (χ1v) is 6.47. The van der Waals surface area contributed by atoms with Crippen molar-refractivity contribution in [2.24, 2.45) is 5.84 Å². The SMILES string of the molecule is Cc1cc(C(NN)c2ccc3c(c2)CCO3)c(C)o1. The Morgan fingerprint density at radius 1 is 1.26 bits per heavy atom. The van der Waals surface area contributed by atoms with Crippen LogP contribution in [-0.4, -0.2) is 6.61 Å². The lowest BCUT2D eigenvalue weighted by molar-refractivity contribution is 0.357. The second-order valence-electron chi connectivity index (χ2n) is 4.93. The normalized spacial score (nSPS) is 15.1. The smallest absolute Gasteiger partial charge is 0.122 e. The van der Waals surface area contributed by atoms with Gasteiger partial charge in [0.05, 0.1) is 12.6 Å². The molecule has 1 aliphatic rings. The van der Waals surface area contributed by atoms with E-state index in [1.165, 1.54) is 5.56 Å². The number of benzene rings is 1. The predicted octanol–water partition coefficient (Wildman–Crippen LogP) is 2.38. The van der Waals surface area contributed by atoms with Crippen molar-refractivity contribution in [3.05, 3.63) is 52.5 Å². The number of nitrogens with one attached hydrogen (secondary N) is 1. The number of furan rings is 1. The van der Waals surface area contributed by atoms with E-state index in [-0.39, 0.29) is 6.04 Å². The molecule has 0 aliphatic carbocycles. The van der Waals surface area contributed by atoms with Gasteiger partial charge in [0.25, 0.3) is 0 Å². The molecule has 0 bridgehead atoms. The molecule has 0 amide bonds. The monoisotopic (exact) mass is 258 g/mol. The molecule has 3 rings (SSSR count). The van der Waals surface area contributed by atoms with Crippen LogP contribution in [0.3, 0.4) is 0 Å². The minimum atomic E-state index is -0.0525. The largest absolute Gasteiger partial charge is 0.493 e. The highest BCUT2D eigenvalue weighted by molar-refractivity contribution is 5.43. The highest BCUT2D eigenvalue weighted by Gasteiger charge is 2.20. The van der Waals surface area contributed by atoms with Crippen LogP contribution in [0.4, 0.5) is 0 Å². The average molecular weight is 258 g/mol. The van der Waals surface area contributed by atoms with Crippen molar-refractivity contribution in [3.63, 3.8) is 0 Å². The van der Waals surface area contributed by atoms with Crippen LogP contribution in [0.25, 0.3) is 0 Å². The molecule has 4 nitrogen and oxygen atoms in total. The van der Waals surface area contributed by atoms with Crippen LogP contribution < -0.4 is 16.0 Å². The van der Waals surface area contributed by atoms with Crippen molar-refractivity contribution in [1.82, 2.24) is 5.43 Å². The number of nitrogens with two attached hydrogens (primary N) is 1. The van der Waals surface area contributed by atoms with Crippen LogP contribution in [0.1, 0.15) is 34.3 Å². The topological polar surface area (TPSA) is 60.4 Å². The predicted molar refractivity (Wildman–Crippen MR) is 73.0 cm³/mol. The van der Waals surface area contributed by atoms with Crippen molar-refractivity contribution >= 4 is 0 Å². The van der Waals surface area contributed by atoms with E-state index in [4.69, 9.17) is 15.0 Å². The zero-order valence-electron chi connectivity index (χ0n) is 11.2. The summed E-state index contributed by atoms with van der Waals surface area (Å²) in [6, 6.07) is 8.21. The molecule has 0 saturated carbocycles. The fourth-order valence-corrected chi connectivity index (χ4v) is 2.69. The maximum Gasteiger partial charge on any atom is 0.122 e. The summed E-state index contributed by atoms with van der Waals surface area (Å²) in [6.45, 7) is 4.67. The molecule has 1 aromatic heterocycles. The Kier molecular flexibility index (Phi) is 3.05. The first kappa shape index (κ1) is 12.3. The lowest BCUT2D eigenvalue weighted by Crippen LogP contribution is -2.29. The van der Waals surface area contributed by atoms with Gasteiger partial charge in [0.1, 0.15) is 17.3 Å². The molecule has 3 N–H and O–H groups in total. The number of fused-ring (bicyclic) bond motifs is 1. The third-order valence-electron chi connectivity index (χ3n) is 3.60. The number of aryl methyl sites for hydroxylation is 2. The van der Waals surface area contributed by atoms with Gasteiger partial charge in [-0.1, -0.05) is 12.1 Å². The zero-order chi connectivity index (χ0) is 13.4. The van der Waals surface area contributed by atoms with Gasteiger partial charge in [0, 0.05) is 12.0 Å². The molecular weight excluding hydrogens is 240 g/mol. The molecule has 1 atom stereocenters. The number of hydrogen-bond donors (Lipinski definition) is 2. The molecule has 1 unspecified atom stereocenters. The number of rotatable bonds is 3. The lowest BCUT2D eigenvalue weighted by atomic mass is 9.97. The Bertz CT molecular complexity index is 604. The van der Waals surface area contributed by atoms with Crippen molar-refractivity contribution in [2.75, 3.05) is 6.61 Å². The minimum Gasteiger partial charge on any atom is -0.493 e. The molecule has 0 spiro atoms. The van der Waals surface area contributed by atoms with E-state index < -0.39 is 0 Å². The Labute approximate surface area is 112 Å². The summed E-state index contributed by atoms with van der Waals surface area (Å²) in [5.41, 5.74) is 6.34. The summed E-state index contributed by atoms with van der Waals surface area (Å²) >= 11 is 0. The van der Waals surface area contributed by atoms with Crippen molar-refractivity contribution in [3.8, 4) is 5.75 Å². The van der Waals surface area contributed by atoms with Crippen LogP contribution in [0.5, 0.6) is 5.75 Å². The standard InChI is InChI=1S/C15H18N2O2/c1-9-7-13(10(2)19-9)15(17-16)12-3-4-14-11(8-12)5-6-18-14/h3-4,7-8,15,17H,5-6,16H2,1-2H3. The van der Waals surface area contributed by atoms with E-state index in [0.717, 1.165) is 41.4 Å². The molecule has 0 fully saturated rings. The quantitative estimate of drug-likeness (QED) is 0.655. The van der Waals surface area contributed by atoms with Gasteiger partial charge in [0.2, 0.25) is 0 Å². The summed E-state index contributed by atoms with van der Waals surface area (Å²) in [5.74, 6) is 8.52. The van der Waals surface area contributed by atoms with E-state index in [9.17, 15) is 0 Å². The number of hydrogen-bond acceptors (Lipinski definition) is 4. The fourth-order valence-electron chi connectivity index (χ4n) is 2.69. The van der Waals surface area contributed by atoms with E-state index in [1.54, 1.807) is 0 Å². The van der Waals surface area contributed by atoms with Gasteiger partial charge in [-0.05, 0) is 37.1 Å². The van der Waals surface area contributed by atoms with Gasteiger partial charge in [-0.25, -0.2) is 5.43 Å². The van der Waals surface area contributed by atoms with Gasteiger partial charge in [-0.3, -0.25) is 5.84 Å². The zero-order valence-corrected chi connectivity index (χ0v) is 11.2. The summed E-state index contributed by atoms with van der Waals surface area (Å²) in [4.78, 5) is 0. The molecular formula is C15H18N2O2. The van der Waals surface area contributed by atoms with Crippen LogP contribution in [0, 0.1) is 13.8 Å². The first-order valence-electron chi connectivity index (χ1n) is 6.47. The van der Waals surface area contributed by atoms with E-state index in [0.29, 0.717) is 0 Å². The van der Waals surface area contributed by atoms with Crippen LogP contribution >= 0.6 is 0 Å². The van der Waals surface area contributed by atoms with Gasteiger partial charge in [-0.2, -0.15) is 0 Å². The van der Waals surface area contributed by atoms with Crippen molar-refractivity contribution in [2.45, 2.75) is 26.3 Å². The fraction of sp³-hybridized carbons (Fsp3) is 0.333. The molecule has 4 heteroatoms. The van der Waals surface area contributed by atoms with Gasteiger partial charge >= 0.3 is 0 Å². The highest BCUT2D eigenvalue weighted by Crippen LogP contribution is 2.32. The van der Waals surface area contributed by atoms with Crippen LogP contribution in [-0.2, 0) is 6.42 Å². The first-order chi connectivity index (χ1) is 9.19. The minimum absolute atomic E-state index is 0.0525. The molecule has 2 aromatic rings. The summed E-state index contributed by atoms with van der Waals surface area (Å²) in [7, 11) is 0. The van der Waals surface area contributed by atoms with E-state index in [2.05, 4.69) is 17.6 Å². The van der Waals surface area contributed by atoms with Crippen LogP contribution in [0.2, 0.25) is 0 Å². The number of hydrazine groups is 1. The molecule has 2 heterocycles. The highest BCUT2D eigenvalue weighted by atomic mass is 16.5. The second kappa shape index (κ2) is 4.72. The number of ether oxygens (including phenoxy) is 1. The third kappa shape index (κ3) is 2.13. The Hall–Kier alpha value is -1.78. The van der Waals surface area contributed by atoms with Crippen molar-refractivity contribution in [1.29, 1.82) is 0 Å². The molecule has 100 valence electrons. The van der Waals surface area contributed by atoms with Crippen molar-refractivity contribution < 1.29 is 9.15 Å². The molecule has 0 radical (unpaired) electrons. The average Bonchev–Trinajstić information content (AvgIpc) is 2.97. The molecule has 0 saturated heterocycles. The maximum absolute atomic E-state index is 5.74. The lowest BCUT2D eigenvalue weighted by Gasteiger charge is -2.16. The summed E-state index contributed by atoms with van der Waals surface area (Å²) in [6.07, 6.45) is 0.962. The molecule has 1 aliphatic heterocycles. The molecule has 1 aromatic carbocycles. The Balaban J connectivity index is 2.00. The van der Waals surface area contributed by atoms with E-state index in [1.807, 2.05) is 26.0 Å². The Morgan fingerprint density at radius 3 is 2.79 bits per heavy atom. The maximum atomic E-state index is 5.74. The third-order valence-corrected chi connectivity index (χ3v) is 3.60. The van der Waals surface area contributed by atoms with Crippen LogP contribution in [0.15, 0.2) is 28.7 Å². The second-order valence-corrected chi connectivity index (χ2v) is 4.93. The summed E-state index contributed by atoms with van der Waals surface area (Å²) < 4.78 is 11.1. The van der Waals surface area contributed by atoms with Gasteiger partial charge in [0.15, 0.2) is 0 Å². The van der Waals surface area contributed by atoms with Gasteiger partial charge in [-0.15, -0.1) is 0 Å². The Morgan fingerprint density at radius 2 is 2.11 bits per heavy atom.